The van der Waals surface area contributed by atoms with Crippen LogP contribution in [0.25, 0.3) is 11.1 Å². The van der Waals surface area contributed by atoms with Gasteiger partial charge in [0, 0.05) is 56.0 Å². The molecule has 0 spiro atoms. The number of hydrogen-bond acceptors (Lipinski definition) is 8. The molecule has 8 heteroatoms. The van der Waals surface area contributed by atoms with Gasteiger partial charge in [0.25, 0.3) is 0 Å². The highest BCUT2D eigenvalue weighted by atomic mass is 16.5. The second kappa shape index (κ2) is 12.1. The molecule has 0 atom stereocenters. The first-order valence-electron chi connectivity index (χ1n) is 13.1. The van der Waals surface area contributed by atoms with Crippen molar-refractivity contribution in [2.45, 2.75) is 13.3 Å². The van der Waals surface area contributed by atoms with Gasteiger partial charge in [-0.2, -0.15) is 0 Å². The maximum atomic E-state index is 13.6. The molecule has 2 fully saturated rings. The number of rotatable bonds is 11. The van der Waals surface area contributed by atoms with E-state index in [1.54, 1.807) is 0 Å². The topological polar surface area (TPSA) is 69.7 Å². The summed E-state index contributed by atoms with van der Waals surface area (Å²) < 4.78 is 29.4. The highest BCUT2D eigenvalue weighted by Gasteiger charge is 2.35. The third kappa shape index (κ3) is 5.52. The first kappa shape index (κ1) is 25.0. The highest BCUT2D eigenvalue weighted by molar-refractivity contribution is 6.25. The van der Waals surface area contributed by atoms with Gasteiger partial charge in [-0.1, -0.05) is 19.1 Å². The number of ketones is 1. The number of hydrogen-bond donors (Lipinski definition) is 0. The van der Waals surface area contributed by atoms with Crippen LogP contribution in [0.15, 0.2) is 30.3 Å². The van der Waals surface area contributed by atoms with E-state index in [1.165, 1.54) is 0 Å². The Morgan fingerprint density at radius 2 is 1.22 bits per heavy atom. The molecule has 1 aliphatic carbocycles. The number of morpholine rings is 2. The van der Waals surface area contributed by atoms with Crippen LogP contribution in [0, 0.1) is 0 Å². The number of ether oxygens (including phenoxy) is 5. The van der Waals surface area contributed by atoms with Crippen LogP contribution >= 0.6 is 0 Å². The Bertz CT molecular complexity index is 1050. The molecule has 0 radical (unpaired) electrons. The van der Waals surface area contributed by atoms with Crippen LogP contribution < -0.4 is 14.2 Å². The monoisotopic (exact) mass is 496 g/mol. The van der Waals surface area contributed by atoms with Crippen LogP contribution in [-0.4, -0.2) is 101 Å². The molecule has 5 rings (SSSR count). The van der Waals surface area contributed by atoms with E-state index in [2.05, 4.69) is 16.7 Å². The minimum Gasteiger partial charge on any atom is -0.493 e. The summed E-state index contributed by atoms with van der Waals surface area (Å²) in [6.45, 7) is 12.0. The molecule has 2 heterocycles. The summed E-state index contributed by atoms with van der Waals surface area (Å²) in [5.74, 6) is 1.97. The Labute approximate surface area is 213 Å². The predicted octanol–water partition coefficient (Wildman–Crippen LogP) is 3.11. The maximum Gasteiger partial charge on any atom is 0.198 e. The molecule has 36 heavy (non-hydrogen) atoms. The van der Waals surface area contributed by atoms with E-state index in [0.29, 0.717) is 48.2 Å². The lowest BCUT2D eigenvalue weighted by Gasteiger charge is -2.26. The molecule has 2 aromatic carbocycles. The van der Waals surface area contributed by atoms with Gasteiger partial charge in [0.15, 0.2) is 5.78 Å². The average Bonchev–Trinajstić information content (AvgIpc) is 3.23. The molecule has 0 unspecified atom stereocenters. The molecule has 2 aliphatic heterocycles. The van der Waals surface area contributed by atoms with E-state index in [4.69, 9.17) is 23.7 Å². The lowest BCUT2D eigenvalue weighted by atomic mass is 10.0. The van der Waals surface area contributed by atoms with Crippen molar-refractivity contribution in [2.24, 2.45) is 0 Å². The fourth-order valence-corrected chi connectivity index (χ4v) is 4.94. The third-order valence-corrected chi connectivity index (χ3v) is 6.88. The van der Waals surface area contributed by atoms with Crippen LogP contribution in [-0.2, 0) is 9.47 Å². The minimum absolute atomic E-state index is 0.0399. The van der Waals surface area contributed by atoms with Crippen LogP contribution in [0.5, 0.6) is 17.2 Å². The summed E-state index contributed by atoms with van der Waals surface area (Å²) in [6, 6.07) is 9.49. The van der Waals surface area contributed by atoms with Gasteiger partial charge >= 0.3 is 0 Å². The van der Waals surface area contributed by atoms with E-state index in [0.717, 1.165) is 83.2 Å². The number of carbonyl (C=O) groups is 1. The molecule has 0 saturated carbocycles. The first-order valence-corrected chi connectivity index (χ1v) is 13.1. The second-order valence-electron chi connectivity index (χ2n) is 9.27. The SMILES string of the molecule is CCCOc1ccc(OCCN2CCOCC2)c2c1-c1c(OCCN3CCOCC3)cccc1C2=O. The van der Waals surface area contributed by atoms with E-state index in [1.807, 2.05) is 30.3 Å². The number of fused-ring (bicyclic) bond motifs is 3. The van der Waals surface area contributed by atoms with Gasteiger partial charge in [-0.25, -0.2) is 0 Å². The molecule has 8 nitrogen and oxygen atoms in total. The van der Waals surface area contributed by atoms with Gasteiger partial charge in [0.1, 0.15) is 30.5 Å². The summed E-state index contributed by atoms with van der Waals surface area (Å²) >= 11 is 0. The normalized spacial score (nSPS) is 18.1. The zero-order valence-corrected chi connectivity index (χ0v) is 21.1. The Morgan fingerprint density at radius 1 is 0.694 bits per heavy atom. The van der Waals surface area contributed by atoms with Crippen molar-refractivity contribution in [3.05, 3.63) is 41.5 Å². The van der Waals surface area contributed by atoms with Crippen molar-refractivity contribution >= 4 is 5.78 Å². The van der Waals surface area contributed by atoms with Gasteiger partial charge in [0.2, 0.25) is 0 Å². The molecule has 194 valence electrons. The summed E-state index contributed by atoms with van der Waals surface area (Å²) in [5, 5.41) is 0. The second-order valence-corrected chi connectivity index (χ2v) is 9.27. The fourth-order valence-electron chi connectivity index (χ4n) is 4.94. The third-order valence-electron chi connectivity index (χ3n) is 6.88. The Balaban J connectivity index is 1.38. The molecule has 0 bridgehead atoms. The van der Waals surface area contributed by atoms with Crippen molar-refractivity contribution in [1.82, 2.24) is 9.80 Å². The van der Waals surface area contributed by atoms with E-state index >= 15 is 0 Å². The maximum absolute atomic E-state index is 13.6. The summed E-state index contributed by atoms with van der Waals surface area (Å²) in [4.78, 5) is 18.3. The Morgan fingerprint density at radius 3 is 1.81 bits per heavy atom. The van der Waals surface area contributed by atoms with Gasteiger partial charge in [-0.05, 0) is 24.6 Å². The van der Waals surface area contributed by atoms with Crippen molar-refractivity contribution < 1.29 is 28.5 Å². The van der Waals surface area contributed by atoms with E-state index in [9.17, 15) is 4.79 Å². The zero-order chi connectivity index (χ0) is 24.7. The van der Waals surface area contributed by atoms with Gasteiger partial charge in [-0.15, -0.1) is 0 Å². The van der Waals surface area contributed by atoms with Gasteiger partial charge < -0.3 is 23.7 Å². The predicted molar refractivity (Wildman–Crippen MR) is 137 cm³/mol. The minimum atomic E-state index is -0.0399. The van der Waals surface area contributed by atoms with Crippen LogP contribution in [0.3, 0.4) is 0 Å². The molecule has 0 N–H and O–H groups in total. The van der Waals surface area contributed by atoms with Gasteiger partial charge in [0.05, 0.1) is 38.6 Å². The van der Waals surface area contributed by atoms with E-state index < -0.39 is 0 Å². The smallest absolute Gasteiger partial charge is 0.198 e. The molecule has 2 saturated heterocycles. The number of carbonyl (C=O) groups excluding carboxylic acids is 1. The lowest BCUT2D eigenvalue weighted by molar-refractivity contribution is 0.0321. The molecular weight excluding hydrogens is 460 g/mol. The van der Waals surface area contributed by atoms with Crippen LogP contribution in [0.2, 0.25) is 0 Å². The average molecular weight is 497 g/mol. The molecule has 2 aromatic rings. The number of benzene rings is 2. The first-order chi connectivity index (χ1) is 17.8. The Hall–Kier alpha value is -2.65. The standard InChI is InChI=1S/C28H36N2O6/c1-2-14-34-23-6-7-24(36-20-13-30-10-17-33-18-11-30)27-26(23)25-21(28(27)31)4-3-5-22(25)35-19-12-29-8-15-32-16-9-29/h3-7H,2,8-20H2,1H3. The van der Waals surface area contributed by atoms with Crippen LogP contribution in [0.4, 0.5) is 0 Å². The fraction of sp³-hybridized carbons (Fsp3) is 0.536. The number of nitrogens with zero attached hydrogens (tertiary/aromatic N) is 2. The molecule has 0 amide bonds. The summed E-state index contributed by atoms with van der Waals surface area (Å²) in [5.41, 5.74) is 2.81. The van der Waals surface area contributed by atoms with Crippen LogP contribution in [0.1, 0.15) is 29.3 Å². The largest absolute Gasteiger partial charge is 0.493 e. The van der Waals surface area contributed by atoms with Crippen molar-refractivity contribution in [3.63, 3.8) is 0 Å². The quantitative estimate of drug-likeness (QED) is 0.401. The van der Waals surface area contributed by atoms with E-state index in [-0.39, 0.29) is 5.78 Å². The van der Waals surface area contributed by atoms with Gasteiger partial charge in [-0.3, -0.25) is 14.6 Å². The molecule has 0 aromatic heterocycles. The molecule has 3 aliphatic rings. The van der Waals surface area contributed by atoms with Crippen molar-refractivity contribution in [1.29, 1.82) is 0 Å². The summed E-state index contributed by atoms with van der Waals surface area (Å²) in [6.07, 6.45) is 0.880. The lowest BCUT2D eigenvalue weighted by Crippen LogP contribution is -2.38. The summed E-state index contributed by atoms with van der Waals surface area (Å²) in [7, 11) is 0. The zero-order valence-electron chi connectivity index (χ0n) is 21.1. The van der Waals surface area contributed by atoms with Crippen molar-refractivity contribution in [2.75, 3.05) is 85.5 Å². The molecular formula is C28H36N2O6. The highest BCUT2D eigenvalue weighted by Crippen LogP contribution is 2.50. The Kier molecular flexibility index (Phi) is 8.38. The van der Waals surface area contributed by atoms with Crippen molar-refractivity contribution in [3.8, 4) is 28.4 Å².